The number of anilines is 6. The van der Waals surface area contributed by atoms with Gasteiger partial charge in [0.1, 0.15) is 5.58 Å². The van der Waals surface area contributed by atoms with Crippen molar-refractivity contribution in [2.24, 2.45) is 0 Å². The molecular weight excluding hydrogens is 932 g/mol. The molecule has 0 fully saturated rings. The Bertz CT molecular complexity index is 3780. The smallest absolute Gasteiger partial charge is 0.297 e. The molecule has 3 heterocycles. The van der Waals surface area contributed by atoms with Gasteiger partial charge in [0.2, 0.25) is 0 Å². The molecule has 0 saturated heterocycles. The normalized spacial score (nSPS) is 19.7. The molecule has 13 rings (SSSR count). The van der Waals surface area contributed by atoms with E-state index in [-0.39, 0.29) is 44.6 Å². The summed E-state index contributed by atoms with van der Waals surface area (Å²) in [7, 11) is 0. The molecule has 3 nitrogen and oxygen atoms in total. The van der Waals surface area contributed by atoms with Gasteiger partial charge in [0.15, 0.2) is 0 Å². The van der Waals surface area contributed by atoms with Crippen molar-refractivity contribution in [3.63, 3.8) is 0 Å². The topological polar surface area (TPSA) is 19.6 Å². The summed E-state index contributed by atoms with van der Waals surface area (Å²) < 4.78 is 7.76. The predicted octanol–water partition coefficient (Wildman–Crippen LogP) is 18.5. The molecule has 0 N–H and O–H groups in total. The Hall–Kier alpha value is -6.26. The average Bonchev–Trinajstić information content (AvgIpc) is 3.51. The first kappa shape index (κ1) is 50.3. The van der Waals surface area contributed by atoms with Gasteiger partial charge in [-0.05, 0) is 210 Å². The van der Waals surface area contributed by atoms with Crippen LogP contribution in [0.25, 0.3) is 33.2 Å². The van der Waals surface area contributed by atoms with Gasteiger partial charge in [-0.1, -0.05) is 177 Å². The molecule has 392 valence electrons. The number of rotatable bonds is 4. The fourth-order valence-corrected chi connectivity index (χ4v) is 14.9. The molecule has 1 aromatic heterocycles. The van der Waals surface area contributed by atoms with Crippen LogP contribution in [0.4, 0.5) is 34.1 Å². The highest BCUT2D eigenvalue weighted by molar-refractivity contribution is 7.00. The number of aryl methyl sites for hydroxylation is 1. The fraction of sp³-hybridized carbons (Fsp3) is 0.397. The van der Waals surface area contributed by atoms with E-state index in [1.807, 2.05) is 0 Å². The number of benzene rings is 7. The van der Waals surface area contributed by atoms with E-state index in [0.717, 1.165) is 43.3 Å². The zero-order valence-corrected chi connectivity index (χ0v) is 49.2. The number of hydrogen-bond donors (Lipinski definition) is 0. The van der Waals surface area contributed by atoms with Gasteiger partial charge in [-0.2, -0.15) is 0 Å². The van der Waals surface area contributed by atoms with Crippen LogP contribution in [0.5, 0.6) is 0 Å². The second-order valence-corrected chi connectivity index (χ2v) is 29.4. The van der Waals surface area contributed by atoms with Gasteiger partial charge in [-0.3, -0.25) is 0 Å². The molecule has 0 spiro atoms. The highest BCUT2D eigenvalue weighted by atomic mass is 16.3. The summed E-state index contributed by atoms with van der Waals surface area (Å²) in [5, 5.41) is 1.21. The Balaban J connectivity index is 1.17. The molecule has 0 unspecified atom stereocenters. The number of fused-ring (bicyclic) bond motifs is 9. The lowest BCUT2D eigenvalue weighted by molar-refractivity contribution is 0.332. The highest BCUT2D eigenvalue weighted by Gasteiger charge is 2.50. The summed E-state index contributed by atoms with van der Waals surface area (Å²) >= 11 is 0. The van der Waals surface area contributed by atoms with E-state index in [2.05, 4.69) is 248 Å². The third kappa shape index (κ3) is 7.64. The van der Waals surface area contributed by atoms with Crippen LogP contribution in [-0.2, 0) is 37.9 Å². The van der Waals surface area contributed by atoms with Crippen molar-refractivity contribution in [2.75, 3.05) is 9.80 Å². The first-order valence-electron chi connectivity index (χ1n) is 29.2. The van der Waals surface area contributed by atoms with Crippen molar-refractivity contribution >= 4 is 68.4 Å². The monoisotopic (exact) mass is 1010 g/mol. The zero-order valence-electron chi connectivity index (χ0n) is 49.2. The molecule has 77 heavy (non-hydrogen) atoms. The molecule has 0 amide bonds. The standard InChI is InChI=1S/C73H81BN2O/c1-44-35-61-64-62(36-44)76(59-42-56-54(70(9,10)31-33-72(56,13)14)40-50(59)45-21-18-17-19-22-45)60-38-47(46-23-20-24-48(37-46)67(2,3)4)25-28-58(60)74(64)66-65(51-41-55-57(43-63(51)77-66)73(15,16)34-32-71(55,11)12)75(61)49-26-27-52-53(39-49)69(7,8)30-29-68(52,5)6/h17-28,35-43H,29-34H2,1-16H3. The van der Waals surface area contributed by atoms with Crippen molar-refractivity contribution in [3.05, 3.63) is 172 Å². The Kier molecular flexibility index (Phi) is 10.7. The second kappa shape index (κ2) is 16.4. The van der Waals surface area contributed by atoms with Crippen molar-refractivity contribution in [1.82, 2.24) is 0 Å². The third-order valence-corrected chi connectivity index (χ3v) is 20.2. The molecule has 0 atom stereocenters. The van der Waals surface area contributed by atoms with Crippen molar-refractivity contribution in [2.45, 2.75) is 187 Å². The predicted molar refractivity (Wildman–Crippen MR) is 330 cm³/mol. The Morgan fingerprint density at radius 2 is 0.974 bits per heavy atom. The van der Waals surface area contributed by atoms with E-state index in [1.165, 1.54) is 124 Å². The summed E-state index contributed by atoms with van der Waals surface area (Å²) in [6.07, 6.45) is 6.93. The molecular formula is C73H81BN2O. The maximum absolute atomic E-state index is 7.76. The first-order valence-corrected chi connectivity index (χ1v) is 29.2. The lowest BCUT2D eigenvalue weighted by Crippen LogP contribution is -2.61. The van der Waals surface area contributed by atoms with Crippen LogP contribution < -0.4 is 26.4 Å². The van der Waals surface area contributed by atoms with Gasteiger partial charge in [0.05, 0.1) is 17.0 Å². The number of nitrogens with zero attached hydrogens (tertiary/aromatic N) is 2. The lowest BCUT2D eigenvalue weighted by atomic mass is 9.35. The van der Waals surface area contributed by atoms with Gasteiger partial charge >= 0.3 is 0 Å². The molecule has 7 aromatic carbocycles. The van der Waals surface area contributed by atoms with Crippen molar-refractivity contribution in [3.8, 4) is 22.3 Å². The largest absolute Gasteiger partial charge is 0.468 e. The van der Waals surface area contributed by atoms with E-state index < -0.39 is 0 Å². The van der Waals surface area contributed by atoms with Crippen LogP contribution in [0.2, 0.25) is 0 Å². The van der Waals surface area contributed by atoms with E-state index in [1.54, 1.807) is 0 Å². The SMILES string of the molecule is Cc1cc2c3c(c1)N(c1ccc4c(c1)C(C)(C)CCC4(C)C)c1c(oc4cc5c(cc14)C(C)(C)CCC5(C)C)B3c1ccc(-c3cccc(C(C)(C)C)c3)cc1N2c1cc2c(cc1-c1ccccc1)C(C)(C)CCC2(C)C. The quantitative estimate of drug-likeness (QED) is 0.164. The molecule has 0 saturated carbocycles. The Morgan fingerprint density at radius 3 is 1.60 bits per heavy atom. The van der Waals surface area contributed by atoms with Crippen molar-refractivity contribution in [1.29, 1.82) is 0 Å². The van der Waals surface area contributed by atoms with E-state index in [4.69, 9.17) is 4.42 Å². The third-order valence-electron chi connectivity index (χ3n) is 20.2. The summed E-state index contributed by atoms with van der Waals surface area (Å²) in [5.41, 5.74) is 28.4. The maximum atomic E-state index is 7.76. The molecule has 5 aliphatic rings. The summed E-state index contributed by atoms with van der Waals surface area (Å²) in [5.74, 6) is 0. The van der Waals surface area contributed by atoms with E-state index in [9.17, 15) is 0 Å². The Morgan fingerprint density at radius 1 is 0.442 bits per heavy atom. The first-order chi connectivity index (χ1) is 36.2. The molecule has 0 bridgehead atoms. The lowest BCUT2D eigenvalue weighted by Gasteiger charge is -2.46. The second-order valence-electron chi connectivity index (χ2n) is 29.4. The van der Waals surface area contributed by atoms with Crippen molar-refractivity contribution < 1.29 is 4.42 Å². The molecule has 0 radical (unpaired) electrons. The molecule has 4 heteroatoms. The van der Waals surface area contributed by atoms with Crippen LogP contribution in [-0.4, -0.2) is 6.71 Å². The van der Waals surface area contributed by atoms with Crippen LogP contribution in [0.15, 0.2) is 132 Å². The summed E-state index contributed by atoms with van der Waals surface area (Å²) in [6.45, 7) is 38.6. The fourth-order valence-electron chi connectivity index (χ4n) is 14.9. The number of furan rings is 1. The minimum atomic E-state index is -0.167. The van der Waals surface area contributed by atoms with Gasteiger partial charge in [0.25, 0.3) is 6.71 Å². The number of hydrogen-bond acceptors (Lipinski definition) is 3. The van der Waals surface area contributed by atoms with E-state index in [0.29, 0.717) is 0 Å². The minimum absolute atomic E-state index is 0.00564. The van der Waals surface area contributed by atoms with Crippen LogP contribution >= 0.6 is 0 Å². The summed E-state index contributed by atoms with van der Waals surface area (Å²) in [6, 6.07) is 50.6. The van der Waals surface area contributed by atoms with Crippen LogP contribution in [0.1, 0.15) is 187 Å². The van der Waals surface area contributed by atoms with Crippen LogP contribution in [0, 0.1) is 6.92 Å². The van der Waals surface area contributed by atoms with Gasteiger partial charge < -0.3 is 14.2 Å². The van der Waals surface area contributed by atoms with Gasteiger partial charge in [-0.25, -0.2) is 0 Å². The van der Waals surface area contributed by atoms with Gasteiger partial charge in [-0.15, -0.1) is 0 Å². The maximum Gasteiger partial charge on any atom is 0.297 e. The van der Waals surface area contributed by atoms with E-state index >= 15 is 0 Å². The summed E-state index contributed by atoms with van der Waals surface area (Å²) in [4.78, 5) is 5.35. The Labute approximate surface area is 461 Å². The van der Waals surface area contributed by atoms with Gasteiger partial charge in [0, 0.05) is 33.7 Å². The van der Waals surface area contributed by atoms with Crippen LogP contribution in [0.3, 0.4) is 0 Å². The molecule has 3 aliphatic carbocycles. The minimum Gasteiger partial charge on any atom is -0.468 e. The highest BCUT2D eigenvalue weighted by Crippen LogP contribution is 2.56. The zero-order chi connectivity index (χ0) is 54.3. The average molecular weight is 1010 g/mol. The molecule has 2 aliphatic heterocycles. The molecule has 8 aromatic rings.